The van der Waals surface area contributed by atoms with Crippen LogP contribution in [0.3, 0.4) is 0 Å². The van der Waals surface area contributed by atoms with Crippen molar-refractivity contribution in [3.8, 4) is 0 Å². The van der Waals surface area contributed by atoms with E-state index >= 15 is 0 Å². The minimum atomic E-state index is -1.87. The van der Waals surface area contributed by atoms with Crippen LogP contribution in [-0.2, 0) is 13.9 Å². The van der Waals surface area contributed by atoms with Gasteiger partial charge < -0.3 is 18.5 Å². The Kier molecular flexibility index (Phi) is 7.61. The van der Waals surface area contributed by atoms with Gasteiger partial charge in [0.25, 0.3) is 0 Å². The van der Waals surface area contributed by atoms with Gasteiger partial charge in [0.05, 0.1) is 24.0 Å². The molecule has 10 heteroatoms. The molecule has 0 aliphatic carbocycles. The van der Waals surface area contributed by atoms with Crippen LogP contribution in [0.4, 0.5) is 0 Å². The first-order chi connectivity index (χ1) is 13.5. The Hall–Kier alpha value is 0.0869. The van der Waals surface area contributed by atoms with Gasteiger partial charge in [0, 0.05) is 16.2 Å². The molecule has 0 unspecified atom stereocenters. The molecule has 0 spiro atoms. The lowest BCUT2D eigenvalue weighted by Gasteiger charge is -2.37. The summed E-state index contributed by atoms with van der Waals surface area (Å²) in [4.78, 5) is 8.56. The van der Waals surface area contributed by atoms with Crippen molar-refractivity contribution < 1.29 is 13.9 Å². The Morgan fingerprint density at radius 1 is 1.38 bits per heavy atom. The van der Waals surface area contributed by atoms with E-state index in [1.54, 1.807) is 11.8 Å². The summed E-state index contributed by atoms with van der Waals surface area (Å²) in [5.41, 5.74) is 0.786. The van der Waals surface area contributed by atoms with E-state index in [0.29, 0.717) is 17.7 Å². The van der Waals surface area contributed by atoms with Crippen molar-refractivity contribution in [1.82, 2.24) is 14.5 Å². The summed E-state index contributed by atoms with van der Waals surface area (Å²) in [7, 11) is -1.87. The van der Waals surface area contributed by atoms with E-state index in [2.05, 4.69) is 66.4 Å². The van der Waals surface area contributed by atoms with Crippen molar-refractivity contribution in [2.24, 2.45) is 0 Å². The molecule has 29 heavy (non-hydrogen) atoms. The van der Waals surface area contributed by atoms with Gasteiger partial charge in [-0.2, -0.15) is 0 Å². The summed E-state index contributed by atoms with van der Waals surface area (Å²) in [6.07, 6.45) is 5.98. The largest absolute Gasteiger partial charge is 0.414 e. The van der Waals surface area contributed by atoms with Crippen LogP contribution in [0, 0.1) is 3.57 Å². The van der Waals surface area contributed by atoms with Gasteiger partial charge in [-0.3, -0.25) is 0 Å². The molecule has 1 aliphatic heterocycles. The van der Waals surface area contributed by atoms with Crippen LogP contribution >= 0.6 is 46.0 Å². The average molecular weight is 570 g/mol. The molecule has 1 saturated heterocycles. The predicted octanol–water partition coefficient (Wildman–Crippen LogP) is 5.70. The van der Waals surface area contributed by atoms with Crippen molar-refractivity contribution >= 4 is 65.3 Å². The van der Waals surface area contributed by atoms with Gasteiger partial charge in [-0.25, -0.2) is 9.97 Å². The third-order valence-corrected chi connectivity index (χ3v) is 11.8. The summed E-state index contributed by atoms with van der Waals surface area (Å²) in [6.45, 7) is 11.8. The molecule has 6 nitrogen and oxygen atoms in total. The molecule has 3 heterocycles. The Labute approximate surface area is 196 Å². The molecule has 0 aromatic carbocycles. The number of fused-ring (bicyclic) bond motifs is 1. The van der Waals surface area contributed by atoms with Crippen LogP contribution in [0.1, 0.15) is 33.4 Å². The molecule has 1 aliphatic rings. The molecule has 3 atom stereocenters. The maximum Gasteiger partial charge on any atom is 0.192 e. The van der Waals surface area contributed by atoms with Crippen molar-refractivity contribution in [3.05, 3.63) is 21.2 Å². The number of ether oxygens (including phenoxy) is 2. The van der Waals surface area contributed by atoms with Crippen LogP contribution in [-0.4, -0.2) is 53.9 Å². The fraction of sp³-hybridized carbons (Fsp3) is 0.684. The number of hydrogen-bond donors (Lipinski definition) is 0. The highest BCUT2D eigenvalue weighted by Crippen LogP contribution is 2.39. The third-order valence-electron chi connectivity index (χ3n) is 5.82. The van der Waals surface area contributed by atoms with Crippen molar-refractivity contribution in [3.63, 3.8) is 0 Å². The van der Waals surface area contributed by atoms with E-state index in [-0.39, 0.29) is 23.5 Å². The fourth-order valence-electron chi connectivity index (χ4n) is 3.08. The van der Waals surface area contributed by atoms with Gasteiger partial charge >= 0.3 is 0 Å². The van der Waals surface area contributed by atoms with Crippen LogP contribution in [0.2, 0.25) is 23.3 Å². The second-order valence-corrected chi connectivity index (χ2v) is 15.9. The molecule has 2 aromatic rings. The van der Waals surface area contributed by atoms with Gasteiger partial charge in [-0.05, 0) is 47.0 Å². The van der Waals surface area contributed by atoms with E-state index in [9.17, 15) is 0 Å². The van der Waals surface area contributed by atoms with Crippen LogP contribution in [0.15, 0.2) is 12.5 Å². The summed E-state index contributed by atoms with van der Waals surface area (Å²) < 4.78 is 22.1. The van der Waals surface area contributed by atoms with Gasteiger partial charge in [-0.1, -0.05) is 32.4 Å². The maximum absolute atomic E-state index is 6.45. The second-order valence-electron chi connectivity index (χ2n) is 8.80. The van der Waals surface area contributed by atoms with Crippen LogP contribution in [0.25, 0.3) is 11.0 Å². The van der Waals surface area contributed by atoms with Crippen molar-refractivity contribution in [1.29, 1.82) is 0 Å². The van der Waals surface area contributed by atoms with Gasteiger partial charge in [0.15, 0.2) is 8.32 Å². The van der Waals surface area contributed by atoms with Crippen molar-refractivity contribution in [2.75, 3.05) is 18.8 Å². The normalized spacial score (nSPS) is 23.2. The standard InChI is InChI=1S/C19H29ClIN3O3SSi/c1-19(2,3)29(5,6)26-9-14-13(25-11-28-4)7-15(27-14)24-8-12(21)16-17(20)22-10-23-18(16)24/h8,10,13-15H,7,9,11H2,1-6H3/t13-,14-,15-/m0/s1. The van der Waals surface area contributed by atoms with E-state index in [1.165, 1.54) is 6.33 Å². The van der Waals surface area contributed by atoms with Crippen LogP contribution in [0.5, 0.6) is 0 Å². The monoisotopic (exact) mass is 569 g/mol. The molecule has 162 valence electrons. The zero-order chi connectivity index (χ0) is 21.4. The van der Waals surface area contributed by atoms with E-state index < -0.39 is 8.32 Å². The summed E-state index contributed by atoms with van der Waals surface area (Å²) >= 11 is 10.2. The SMILES string of the molecule is CSCO[C@H]1C[C@@H](n2cc(I)c3c(Cl)ncnc32)O[C@H]1CO[Si](C)(C)C(C)(C)C. The summed E-state index contributed by atoms with van der Waals surface area (Å²) in [5.74, 6) is 0.634. The number of aromatic nitrogens is 3. The third kappa shape index (κ3) is 5.12. The lowest BCUT2D eigenvalue weighted by molar-refractivity contribution is -0.0506. The number of nitrogens with zero attached hydrogens (tertiary/aromatic N) is 3. The Bertz CT molecular complexity index is 861. The van der Waals surface area contributed by atoms with E-state index in [1.807, 2.05) is 17.0 Å². The van der Waals surface area contributed by atoms with Crippen molar-refractivity contribution in [2.45, 2.75) is 63.8 Å². The van der Waals surface area contributed by atoms with Crippen LogP contribution < -0.4 is 0 Å². The minimum absolute atomic E-state index is 0.0235. The van der Waals surface area contributed by atoms with Gasteiger partial charge in [-0.15, -0.1) is 11.8 Å². The predicted molar refractivity (Wildman–Crippen MR) is 130 cm³/mol. The highest BCUT2D eigenvalue weighted by atomic mass is 127. The van der Waals surface area contributed by atoms with Gasteiger partial charge in [0.1, 0.15) is 29.5 Å². The molecule has 0 radical (unpaired) electrons. The van der Waals surface area contributed by atoms with E-state index in [0.717, 1.165) is 21.0 Å². The quantitative estimate of drug-likeness (QED) is 0.184. The van der Waals surface area contributed by atoms with E-state index in [4.69, 9.17) is 25.5 Å². The second kappa shape index (κ2) is 9.29. The first-order valence-corrected chi connectivity index (χ1v) is 15.4. The minimum Gasteiger partial charge on any atom is -0.414 e. The highest BCUT2D eigenvalue weighted by Gasteiger charge is 2.42. The molecular weight excluding hydrogens is 541 g/mol. The highest BCUT2D eigenvalue weighted by molar-refractivity contribution is 14.1. The summed E-state index contributed by atoms with van der Waals surface area (Å²) in [6, 6.07) is 0. The van der Waals surface area contributed by atoms with Gasteiger partial charge in [0.2, 0.25) is 0 Å². The first-order valence-electron chi connectivity index (χ1n) is 9.61. The number of halogens is 2. The Morgan fingerprint density at radius 2 is 2.10 bits per heavy atom. The number of hydrogen-bond acceptors (Lipinski definition) is 6. The molecule has 0 saturated carbocycles. The number of rotatable bonds is 7. The molecule has 0 bridgehead atoms. The topological polar surface area (TPSA) is 58.4 Å². The smallest absolute Gasteiger partial charge is 0.192 e. The molecule has 1 fully saturated rings. The fourth-order valence-corrected chi connectivity index (χ4v) is 5.59. The zero-order valence-electron chi connectivity index (χ0n) is 17.7. The Balaban J connectivity index is 1.82. The Morgan fingerprint density at radius 3 is 2.76 bits per heavy atom. The maximum atomic E-state index is 6.45. The molecule has 3 rings (SSSR count). The first kappa shape index (κ1) is 23.7. The lowest BCUT2D eigenvalue weighted by atomic mass is 10.2. The average Bonchev–Trinajstić information content (AvgIpc) is 3.19. The lowest BCUT2D eigenvalue weighted by Crippen LogP contribution is -2.44. The molecule has 0 N–H and O–H groups in total. The number of thioether (sulfide) groups is 1. The molecular formula is C19H29ClIN3O3SSi. The molecule has 2 aromatic heterocycles. The summed E-state index contributed by atoms with van der Waals surface area (Å²) in [5, 5.41) is 1.48. The molecule has 0 amide bonds. The zero-order valence-corrected chi connectivity index (χ0v) is 22.5.